The zero-order chi connectivity index (χ0) is 13.3. The fourth-order valence-corrected chi connectivity index (χ4v) is 2.77. The van der Waals surface area contributed by atoms with Gasteiger partial charge in [0.25, 0.3) is 0 Å². The molecule has 0 aliphatic carbocycles. The highest BCUT2D eigenvalue weighted by atomic mass is 79.9. The Bertz CT molecular complexity index is 612. The molecule has 0 radical (unpaired) electrons. The van der Waals surface area contributed by atoms with Gasteiger partial charge in [-0.05, 0) is 43.6 Å². The summed E-state index contributed by atoms with van der Waals surface area (Å²) in [4.78, 5) is 11.5. The third-order valence-electron chi connectivity index (χ3n) is 2.39. The number of Topliss-reactive ketones (excluding diaryl/α,β-unsaturated/α-hetero) is 1. The highest BCUT2D eigenvalue weighted by Gasteiger charge is 2.16. The molecule has 18 heavy (non-hydrogen) atoms. The van der Waals surface area contributed by atoms with Crippen LogP contribution in [-0.4, -0.2) is 10.2 Å². The number of rotatable bonds is 3. The molecule has 2 rings (SSSR count). The lowest BCUT2D eigenvalue weighted by atomic mass is 10.2. The largest absolute Gasteiger partial charge is 0.343 e. The number of ketones is 1. The molecule has 0 spiro atoms. The van der Waals surface area contributed by atoms with Gasteiger partial charge in [0, 0.05) is 4.47 Å². The SMILES string of the molecule is CC(=O)c1c(C)nsc1Nc1ccc(Br)cc1F. The summed E-state index contributed by atoms with van der Waals surface area (Å²) in [5.74, 6) is -0.466. The Kier molecular flexibility index (Phi) is 3.77. The molecule has 3 nitrogen and oxygen atoms in total. The first-order chi connectivity index (χ1) is 8.49. The average Bonchev–Trinajstić information content (AvgIpc) is 2.64. The molecule has 0 saturated heterocycles. The van der Waals surface area contributed by atoms with Gasteiger partial charge in [-0.15, -0.1) is 0 Å². The summed E-state index contributed by atoms with van der Waals surface area (Å²) in [6.07, 6.45) is 0. The second kappa shape index (κ2) is 5.16. The van der Waals surface area contributed by atoms with E-state index in [9.17, 15) is 9.18 Å². The average molecular weight is 329 g/mol. The Morgan fingerprint density at radius 1 is 1.50 bits per heavy atom. The van der Waals surface area contributed by atoms with Gasteiger partial charge in [-0.25, -0.2) is 4.39 Å². The number of benzene rings is 1. The van der Waals surface area contributed by atoms with Crippen LogP contribution in [0.5, 0.6) is 0 Å². The minimum absolute atomic E-state index is 0.0822. The highest BCUT2D eigenvalue weighted by Crippen LogP contribution is 2.30. The normalized spacial score (nSPS) is 10.4. The Hall–Kier alpha value is -1.27. The number of anilines is 2. The van der Waals surface area contributed by atoms with Crippen LogP contribution in [-0.2, 0) is 0 Å². The van der Waals surface area contributed by atoms with E-state index in [2.05, 4.69) is 25.6 Å². The summed E-state index contributed by atoms with van der Waals surface area (Å²) in [7, 11) is 0. The molecule has 94 valence electrons. The molecule has 0 amide bonds. The van der Waals surface area contributed by atoms with Crippen LogP contribution in [0.15, 0.2) is 22.7 Å². The first-order valence-corrected chi connectivity index (χ1v) is 6.75. The van der Waals surface area contributed by atoms with Crippen LogP contribution >= 0.6 is 27.5 Å². The molecule has 1 N–H and O–H groups in total. The van der Waals surface area contributed by atoms with Crippen molar-refractivity contribution in [3.63, 3.8) is 0 Å². The predicted molar refractivity (Wildman–Crippen MR) is 74.2 cm³/mol. The monoisotopic (exact) mass is 328 g/mol. The number of carbonyl (C=O) groups is 1. The summed E-state index contributed by atoms with van der Waals surface area (Å²) in [5.41, 5.74) is 1.50. The van der Waals surface area contributed by atoms with Crippen molar-refractivity contribution in [2.75, 3.05) is 5.32 Å². The molecule has 2 aromatic rings. The third kappa shape index (κ3) is 2.59. The van der Waals surface area contributed by atoms with E-state index in [0.29, 0.717) is 26.4 Å². The molecule has 0 aliphatic rings. The molecule has 0 aliphatic heterocycles. The number of carbonyl (C=O) groups excluding carboxylic acids is 1. The lowest BCUT2D eigenvalue weighted by Crippen LogP contribution is -1.99. The maximum absolute atomic E-state index is 13.7. The Morgan fingerprint density at radius 2 is 2.22 bits per heavy atom. The van der Waals surface area contributed by atoms with E-state index in [1.165, 1.54) is 13.0 Å². The molecule has 1 heterocycles. The van der Waals surface area contributed by atoms with Crippen molar-refractivity contribution in [3.05, 3.63) is 39.7 Å². The quantitative estimate of drug-likeness (QED) is 0.854. The lowest BCUT2D eigenvalue weighted by Gasteiger charge is -2.06. The van der Waals surface area contributed by atoms with Crippen molar-refractivity contribution < 1.29 is 9.18 Å². The van der Waals surface area contributed by atoms with E-state index in [0.717, 1.165) is 11.5 Å². The van der Waals surface area contributed by atoms with Gasteiger partial charge >= 0.3 is 0 Å². The van der Waals surface area contributed by atoms with Gasteiger partial charge in [0.1, 0.15) is 10.8 Å². The van der Waals surface area contributed by atoms with Crippen LogP contribution in [0.1, 0.15) is 23.0 Å². The molecular formula is C12H10BrFN2OS. The molecule has 0 fully saturated rings. The first-order valence-electron chi connectivity index (χ1n) is 5.18. The minimum atomic E-state index is -0.384. The van der Waals surface area contributed by atoms with Gasteiger partial charge in [0.15, 0.2) is 5.78 Å². The summed E-state index contributed by atoms with van der Waals surface area (Å²) < 4.78 is 18.5. The maximum atomic E-state index is 13.7. The number of halogens is 2. The number of aromatic nitrogens is 1. The molecule has 1 aromatic carbocycles. The highest BCUT2D eigenvalue weighted by molar-refractivity contribution is 9.10. The third-order valence-corrected chi connectivity index (χ3v) is 3.74. The van der Waals surface area contributed by atoms with Crippen LogP contribution in [0.25, 0.3) is 0 Å². The molecular weight excluding hydrogens is 319 g/mol. The van der Waals surface area contributed by atoms with Crippen molar-refractivity contribution in [2.45, 2.75) is 13.8 Å². The predicted octanol–water partition coefficient (Wildman–Crippen LogP) is 4.30. The number of aryl methyl sites for hydroxylation is 1. The Balaban J connectivity index is 2.37. The van der Waals surface area contributed by atoms with Crippen molar-refractivity contribution >= 4 is 43.9 Å². The number of hydrogen-bond acceptors (Lipinski definition) is 4. The van der Waals surface area contributed by atoms with Gasteiger partial charge < -0.3 is 5.32 Å². The molecule has 0 unspecified atom stereocenters. The van der Waals surface area contributed by atoms with Crippen LogP contribution in [0, 0.1) is 12.7 Å². The zero-order valence-corrected chi connectivity index (χ0v) is 12.2. The van der Waals surface area contributed by atoms with Gasteiger partial charge in [-0.1, -0.05) is 15.9 Å². The van der Waals surface area contributed by atoms with E-state index in [4.69, 9.17) is 0 Å². The maximum Gasteiger partial charge on any atom is 0.164 e. The number of nitrogens with one attached hydrogen (secondary N) is 1. The first kappa shape index (κ1) is 13.2. The zero-order valence-electron chi connectivity index (χ0n) is 9.75. The van der Waals surface area contributed by atoms with Crippen LogP contribution in [0.3, 0.4) is 0 Å². The number of hydrogen-bond donors (Lipinski definition) is 1. The summed E-state index contributed by atoms with van der Waals surface area (Å²) >= 11 is 4.34. The van der Waals surface area contributed by atoms with Crippen LogP contribution < -0.4 is 5.32 Å². The smallest absolute Gasteiger partial charge is 0.164 e. The number of nitrogens with zero attached hydrogens (tertiary/aromatic N) is 1. The minimum Gasteiger partial charge on any atom is -0.343 e. The van der Waals surface area contributed by atoms with Gasteiger partial charge in [-0.3, -0.25) is 4.79 Å². The second-order valence-corrected chi connectivity index (χ2v) is 5.47. The van der Waals surface area contributed by atoms with Crippen molar-refractivity contribution in [1.82, 2.24) is 4.37 Å². The fourth-order valence-electron chi connectivity index (χ4n) is 1.58. The van der Waals surface area contributed by atoms with E-state index in [-0.39, 0.29) is 11.6 Å². The topological polar surface area (TPSA) is 42.0 Å². The molecule has 0 saturated carbocycles. The van der Waals surface area contributed by atoms with Gasteiger partial charge in [0.05, 0.1) is 16.9 Å². The van der Waals surface area contributed by atoms with Crippen molar-refractivity contribution in [1.29, 1.82) is 0 Å². The summed E-state index contributed by atoms with van der Waals surface area (Å²) in [5, 5.41) is 3.48. The van der Waals surface area contributed by atoms with Gasteiger partial charge in [-0.2, -0.15) is 4.37 Å². The Morgan fingerprint density at radius 3 is 2.83 bits per heavy atom. The standard InChI is InChI=1S/C12H10BrFN2OS/c1-6-11(7(2)17)12(18-16-6)15-10-4-3-8(13)5-9(10)14/h3-5,15H,1-2H3. The molecule has 6 heteroatoms. The van der Waals surface area contributed by atoms with Crippen LogP contribution in [0.2, 0.25) is 0 Å². The van der Waals surface area contributed by atoms with Crippen molar-refractivity contribution in [3.8, 4) is 0 Å². The van der Waals surface area contributed by atoms with E-state index >= 15 is 0 Å². The van der Waals surface area contributed by atoms with Crippen LogP contribution in [0.4, 0.5) is 15.1 Å². The van der Waals surface area contributed by atoms with E-state index in [1.54, 1.807) is 19.1 Å². The lowest BCUT2D eigenvalue weighted by molar-refractivity contribution is 0.101. The second-order valence-electron chi connectivity index (χ2n) is 3.78. The van der Waals surface area contributed by atoms with E-state index in [1.807, 2.05) is 0 Å². The fraction of sp³-hybridized carbons (Fsp3) is 0.167. The molecule has 1 aromatic heterocycles. The Labute approximate surface area is 116 Å². The van der Waals surface area contributed by atoms with Crippen molar-refractivity contribution in [2.24, 2.45) is 0 Å². The molecule has 0 bridgehead atoms. The summed E-state index contributed by atoms with van der Waals surface area (Å²) in [6, 6.07) is 4.70. The van der Waals surface area contributed by atoms with Gasteiger partial charge in [0.2, 0.25) is 0 Å². The summed E-state index contributed by atoms with van der Waals surface area (Å²) in [6.45, 7) is 3.23. The molecule has 0 atom stereocenters. The van der Waals surface area contributed by atoms with E-state index < -0.39 is 0 Å².